The number of nitrogens with one attached hydrogen (secondary N) is 1. The van der Waals surface area contributed by atoms with Gasteiger partial charge in [0.1, 0.15) is 11.4 Å². The Morgan fingerprint density at radius 1 is 1.09 bits per heavy atom. The fourth-order valence-corrected chi connectivity index (χ4v) is 5.31. The summed E-state index contributed by atoms with van der Waals surface area (Å²) in [6.07, 6.45) is 1.71. The third-order valence-electron chi connectivity index (χ3n) is 6.96. The Labute approximate surface area is 203 Å². The van der Waals surface area contributed by atoms with Gasteiger partial charge in [0, 0.05) is 11.6 Å². The van der Waals surface area contributed by atoms with Crippen LogP contribution in [0.1, 0.15) is 62.0 Å². The lowest BCUT2D eigenvalue weighted by molar-refractivity contribution is -0.155. The molecule has 35 heavy (non-hydrogen) atoms. The van der Waals surface area contributed by atoms with E-state index in [9.17, 15) is 23.6 Å². The summed E-state index contributed by atoms with van der Waals surface area (Å²) < 4.78 is 19.1. The molecule has 7 nitrogen and oxygen atoms in total. The highest BCUT2D eigenvalue weighted by Crippen LogP contribution is 2.51. The number of ether oxygens (including phenoxy) is 1. The number of Topliss-reactive ketones (excluding diaryl/α,β-unsaturated/α-hetero) is 1. The number of imide groups is 1. The molecule has 0 aromatic heterocycles. The highest BCUT2D eigenvalue weighted by atomic mass is 19.1. The Bertz CT molecular complexity index is 1160. The minimum Gasteiger partial charge on any atom is -0.465 e. The van der Waals surface area contributed by atoms with E-state index in [1.54, 1.807) is 37.3 Å². The number of halogens is 1. The van der Waals surface area contributed by atoms with E-state index in [1.807, 2.05) is 6.92 Å². The van der Waals surface area contributed by atoms with Crippen molar-refractivity contribution >= 4 is 29.3 Å². The van der Waals surface area contributed by atoms with Crippen molar-refractivity contribution in [2.45, 2.75) is 51.6 Å². The van der Waals surface area contributed by atoms with E-state index in [4.69, 9.17) is 4.74 Å². The van der Waals surface area contributed by atoms with Crippen LogP contribution in [-0.2, 0) is 19.1 Å². The summed E-state index contributed by atoms with van der Waals surface area (Å²) in [5.74, 6) is -4.07. The number of nitrogens with zero attached hydrogens (tertiary/aromatic N) is 1. The van der Waals surface area contributed by atoms with Crippen molar-refractivity contribution in [3.05, 3.63) is 65.5 Å². The molecule has 0 bridgehead atoms. The molecule has 2 aliphatic heterocycles. The number of ketones is 1. The smallest absolute Gasteiger partial charge is 0.327 e. The van der Waals surface area contributed by atoms with E-state index in [1.165, 1.54) is 25.1 Å². The summed E-state index contributed by atoms with van der Waals surface area (Å²) in [6, 6.07) is 11.3. The molecule has 2 amide bonds. The number of fused-ring (bicyclic) bond motifs is 1. The quantitative estimate of drug-likeness (QED) is 0.349. The molecular weight excluding hydrogens is 451 g/mol. The molecule has 0 spiro atoms. The van der Waals surface area contributed by atoms with Gasteiger partial charge in [-0.25, -0.2) is 9.29 Å². The van der Waals surface area contributed by atoms with Crippen molar-refractivity contribution in [1.29, 1.82) is 0 Å². The maximum Gasteiger partial charge on any atom is 0.327 e. The number of esters is 1. The van der Waals surface area contributed by atoms with E-state index < -0.39 is 47.0 Å². The van der Waals surface area contributed by atoms with Gasteiger partial charge in [-0.05, 0) is 50.1 Å². The zero-order chi connectivity index (χ0) is 25.3. The lowest BCUT2D eigenvalue weighted by atomic mass is 9.76. The van der Waals surface area contributed by atoms with E-state index in [2.05, 4.69) is 5.32 Å². The average molecular weight is 481 g/mol. The minimum absolute atomic E-state index is 0.125. The largest absolute Gasteiger partial charge is 0.465 e. The lowest BCUT2D eigenvalue weighted by Gasteiger charge is -2.33. The number of carbonyl (C=O) groups is 4. The molecule has 0 aliphatic carbocycles. The molecule has 4 atom stereocenters. The first-order valence-corrected chi connectivity index (χ1v) is 11.9. The van der Waals surface area contributed by atoms with Crippen LogP contribution in [0.2, 0.25) is 0 Å². The molecule has 0 radical (unpaired) electrons. The number of anilines is 1. The van der Waals surface area contributed by atoms with E-state index in [0.717, 1.165) is 11.3 Å². The Morgan fingerprint density at radius 3 is 2.43 bits per heavy atom. The maximum absolute atomic E-state index is 13.9. The van der Waals surface area contributed by atoms with Crippen LogP contribution in [0.5, 0.6) is 0 Å². The van der Waals surface area contributed by atoms with Gasteiger partial charge < -0.3 is 4.74 Å². The Balaban J connectivity index is 1.86. The zero-order valence-electron chi connectivity index (χ0n) is 20.0. The lowest BCUT2D eigenvalue weighted by Crippen LogP contribution is -2.56. The van der Waals surface area contributed by atoms with Crippen molar-refractivity contribution in [2.24, 2.45) is 11.8 Å². The van der Waals surface area contributed by atoms with Crippen LogP contribution in [0.4, 0.5) is 10.1 Å². The molecule has 184 valence electrons. The average Bonchev–Trinajstić information content (AvgIpc) is 3.32. The van der Waals surface area contributed by atoms with Crippen LogP contribution >= 0.6 is 0 Å². The summed E-state index contributed by atoms with van der Waals surface area (Å²) in [5, 5.41) is 3.30. The van der Waals surface area contributed by atoms with Crippen LogP contribution in [0.3, 0.4) is 0 Å². The number of rotatable bonds is 8. The van der Waals surface area contributed by atoms with Crippen LogP contribution in [0.25, 0.3) is 0 Å². The number of hydrogen-bond acceptors (Lipinski definition) is 6. The molecule has 4 rings (SSSR count). The number of amides is 2. The minimum atomic E-state index is -1.41. The summed E-state index contributed by atoms with van der Waals surface area (Å²) >= 11 is 0. The van der Waals surface area contributed by atoms with Crippen LogP contribution in [0, 0.1) is 17.7 Å². The predicted molar refractivity (Wildman–Crippen MR) is 127 cm³/mol. The second-order valence-electron chi connectivity index (χ2n) is 9.09. The van der Waals surface area contributed by atoms with Crippen molar-refractivity contribution in [2.75, 3.05) is 11.5 Å². The van der Waals surface area contributed by atoms with Gasteiger partial charge in [0.05, 0.1) is 24.1 Å². The van der Waals surface area contributed by atoms with Gasteiger partial charge in [-0.15, -0.1) is 0 Å². The van der Waals surface area contributed by atoms with Crippen LogP contribution < -0.4 is 10.2 Å². The highest BCUT2D eigenvalue weighted by molar-refractivity contribution is 6.24. The van der Waals surface area contributed by atoms with Crippen molar-refractivity contribution in [3.63, 3.8) is 0 Å². The van der Waals surface area contributed by atoms with Gasteiger partial charge in [0.2, 0.25) is 11.8 Å². The second kappa shape index (κ2) is 9.70. The first kappa shape index (κ1) is 24.7. The molecule has 0 saturated carbocycles. The predicted octanol–water partition coefficient (Wildman–Crippen LogP) is 3.97. The summed E-state index contributed by atoms with van der Waals surface area (Å²) in [6.45, 7) is 5.20. The normalized spacial score (nSPS) is 25.6. The fourth-order valence-electron chi connectivity index (χ4n) is 5.31. The SMILES string of the molecule is CCCC[C@]1(C(=O)OCC)N[C@H](c2ccc(F)cc2)[C@H]2C(=O)N(c3cccc(C(C)=O)c3)C(=O)[C@H]21. The standard InChI is InChI=1S/C27H29FN2O5/c1-4-6-14-27(26(34)35-5-2)22-21(23(29-27)17-10-12-19(28)13-11-17)24(32)30(25(22)33)20-9-7-8-18(15-20)16(3)31/h7-13,15,21-23,29H,4-6,14H2,1-3H3/t21-,22-,23+,27-/m0/s1. The summed E-state index contributed by atoms with van der Waals surface area (Å²) in [4.78, 5) is 54.2. The molecule has 0 unspecified atom stereocenters. The van der Waals surface area contributed by atoms with Crippen molar-refractivity contribution in [1.82, 2.24) is 5.32 Å². The Hall–Kier alpha value is -3.39. The maximum atomic E-state index is 13.9. The van der Waals surface area contributed by atoms with Crippen LogP contribution in [-0.4, -0.2) is 35.7 Å². The van der Waals surface area contributed by atoms with Crippen molar-refractivity contribution in [3.8, 4) is 0 Å². The molecule has 2 saturated heterocycles. The van der Waals surface area contributed by atoms with Gasteiger partial charge in [0.25, 0.3) is 0 Å². The zero-order valence-corrected chi connectivity index (χ0v) is 20.0. The topological polar surface area (TPSA) is 92.8 Å². The van der Waals surface area contributed by atoms with Gasteiger partial charge in [0.15, 0.2) is 5.78 Å². The third-order valence-corrected chi connectivity index (χ3v) is 6.96. The molecule has 2 aromatic carbocycles. The number of unbranched alkanes of at least 4 members (excludes halogenated alkanes) is 1. The third kappa shape index (κ3) is 4.16. The monoisotopic (exact) mass is 480 g/mol. The van der Waals surface area contributed by atoms with Crippen LogP contribution in [0.15, 0.2) is 48.5 Å². The van der Waals surface area contributed by atoms with Gasteiger partial charge >= 0.3 is 5.97 Å². The number of benzene rings is 2. The molecule has 8 heteroatoms. The van der Waals surface area contributed by atoms with E-state index in [-0.39, 0.29) is 18.1 Å². The second-order valence-corrected chi connectivity index (χ2v) is 9.09. The molecule has 2 fully saturated rings. The van der Waals surface area contributed by atoms with Gasteiger partial charge in [-0.1, -0.05) is 44.0 Å². The molecule has 2 heterocycles. The highest BCUT2D eigenvalue weighted by Gasteiger charge is 2.68. The molecular formula is C27H29FN2O5. The van der Waals surface area contributed by atoms with Gasteiger partial charge in [-0.3, -0.25) is 24.5 Å². The van der Waals surface area contributed by atoms with E-state index in [0.29, 0.717) is 24.0 Å². The summed E-state index contributed by atoms with van der Waals surface area (Å²) in [5.41, 5.74) is -0.149. The number of carbonyl (C=O) groups excluding carboxylic acids is 4. The first-order valence-electron chi connectivity index (χ1n) is 11.9. The fraction of sp³-hybridized carbons (Fsp3) is 0.407. The molecule has 2 aromatic rings. The number of hydrogen-bond donors (Lipinski definition) is 1. The van der Waals surface area contributed by atoms with E-state index >= 15 is 0 Å². The first-order chi connectivity index (χ1) is 16.7. The van der Waals surface area contributed by atoms with Crippen molar-refractivity contribution < 1.29 is 28.3 Å². The van der Waals surface area contributed by atoms with Gasteiger partial charge in [-0.2, -0.15) is 0 Å². The Morgan fingerprint density at radius 2 is 1.80 bits per heavy atom. The molecule has 1 N–H and O–H groups in total. The summed E-state index contributed by atoms with van der Waals surface area (Å²) in [7, 11) is 0. The molecule has 2 aliphatic rings. The Kier molecular flexibility index (Phi) is 6.85.